The maximum Gasteiger partial charge on any atom is 0.0702 e. The van der Waals surface area contributed by atoms with Crippen molar-refractivity contribution in [1.29, 1.82) is 0 Å². The third-order valence-corrected chi connectivity index (χ3v) is 4.26. The van der Waals surface area contributed by atoms with Gasteiger partial charge in [0, 0.05) is 30.2 Å². The molecule has 1 aromatic carbocycles. The molecule has 2 unspecified atom stereocenters. The van der Waals surface area contributed by atoms with Crippen LogP contribution in [0, 0.1) is 0 Å². The Labute approximate surface area is 124 Å². The molecule has 1 fully saturated rings. The first-order chi connectivity index (χ1) is 9.24. The zero-order valence-electron chi connectivity index (χ0n) is 11.5. The van der Waals surface area contributed by atoms with E-state index in [4.69, 9.17) is 10.5 Å². The number of halogens is 1. The van der Waals surface area contributed by atoms with Gasteiger partial charge in [-0.25, -0.2) is 0 Å². The largest absolute Gasteiger partial charge is 0.377 e. The minimum Gasteiger partial charge on any atom is -0.377 e. The van der Waals surface area contributed by atoms with E-state index in [1.54, 1.807) is 0 Å². The summed E-state index contributed by atoms with van der Waals surface area (Å²) in [5.74, 6) is 0. The number of hydrogen-bond acceptors (Lipinski definition) is 3. The lowest BCUT2D eigenvalue weighted by molar-refractivity contribution is -0.00659. The van der Waals surface area contributed by atoms with Gasteiger partial charge < -0.3 is 10.5 Å². The number of likely N-dealkylation sites (tertiary alicyclic amines) is 1. The minimum absolute atomic E-state index is 0.302. The van der Waals surface area contributed by atoms with Gasteiger partial charge in [-0.2, -0.15) is 0 Å². The molecular formula is C15H23BrN2O. The third kappa shape index (κ3) is 4.02. The van der Waals surface area contributed by atoms with Crippen molar-refractivity contribution in [3.63, 3.8) is 0 Å². The Morgan fingerprint density at radius 2 is 2.16 bits per heavy atom. The molecule has 0 aliphatic carbocycles. The molecule has 0 spiro atoms. The van der Waals surface area contributed by atoms with E-state index in [2.05, 4.69) is 52.0 Å². The third-order valence-electron chi connectivity index (χ3n) is 3.73. The fourth-order valence-corrected chi connectivity index (χ4v) is 3.07. The SMILES string of the molecule is CCOC1CCCN(C(CN)c2ccc(Br)cc2)C1. The van der Waals surface area contributed by atoms with Gasteiger partial charge in [-0.15, -0.1) is 0 Å². The zero-order chi connectivity index (χ0) is 13.7. The van der Waals surface area contributed by atoms with Gasteiger partial charge in [0.25, 0.3) is 0 Å². The average Bonchev–Trinajstić information content (AvgIpc) is 2.43. The molecule has 1 aromatic rings. The molecule has 2 atom stereocenters. The van der Waals surface area contributed by atoms with E-state index in [9.17, 15) is 0 Å². The van der Waals surface area contributed by atoms with E-state index in [0.29, 0.717) is 18.7 Å². The Hall–Kier alpha value is -0.420. The molecular weight excluding hydrogens is 304 g/mol. The van der Waals surface area contributed by atoms with Crippen molar-refractivity contribution in [2.45, 2.75) is 31.9 Å². The molecule has 2 rings (SSSR count). The highest BCUT2D eigenvalue weighted by Crippen LogP contribution is 2.26. The summed E-state index contributed by atoms with van der Waals surface area (Å²) in [6.07, 6.45) is 2.72. The van der Waals surface area contributed by atoms with Crippen LogP contribution in [-0.2, 0) is 4.74 Å². The fourth-order valence-electron chi connectivity index (χ4n) is 2.80. The lowest BCUT2D eigenvalue weighted by Gasteiger charge is -2.37. The Morgan fingerprint density at radius 1 is 1.42 bits per heavy atom. The van der Waals surface area contributed by atoms with Crippen LogP contribution < -0.4 is 5.73 Å². The summed E-state index contributed by atoms with van der Waals surface area (Å²) in [6, 6.07) is 8.79. The molecule has 19 heavy (non-hydrogen) atoms. The van der Waals surface area contributed by atoms with E-state index >= 15 is 0 Å². The monoisotopic (exact) mass is 326 g/mol. The number of piperidine rings is 1. The smallest absolute Gasteiger partial charge is 0.0702 e. The van der Waals surface area contributed by atoms with Crippen LogP contribution >= 0.6 is 15.9 Å². The summed E-state index contributed by atoms with van der Waals surface area (Å²) >= 11 is 3.48. The molecule has 1 saturated heterocycles. The highest BCUT2D eigenvalue weighted by molar-refractivity contribution is 9.10. The van der Waals surface area contributed by atoms with Crippen LogP contribution in [0.3, 0.4) is 0 Å². The van der Waals surface area contributed by atoms with Crippen LogP contribution in [0.5, 0.6) is 0 Å². The summed E-state index contributed by atoms with van der Waals surface area (Å²) in [6.45, 7) is 5.62. The Kier molecular flexibility index (Phi) is 5.82. The Balaban J connectivity index is 2.06. The molecule has 1 heterocycles. The number of benzene rings is 1. The summed E-state index contributed by atoms with van der Waals surface area (Å²) < 4.78 is 6.88. The standard InChI is InChI=1S/C15H23BrN2O/c1-2-19-14-4-3-9-18(11-14)15(10-17)12-5-7-13(16)8-6-12/h5-8,14-15H,2-4,9-11,17H2,1H3. The maximum absolute atomic E-state index is 6.00. The predicted molar refractivity (Wildman–Crippen MR) is 82.2 cm³/mol. The van der Waals surface area contributed by atoms with E-state index in [-0.39, 0.29) is 0 Å². The molecule has 1 aliphatic heterocycles. The van der Waals surface area contributed by atoms with E-state index in [0.717, 1.165) is 24.2 Å². The van der Waals surface area contributed by atoms with Gasteiger partial charge in [0.05, 0.1) is 6.10 Å². The lowest BCUT2D eigenvalue weighted by Crippen LogP contribution is -2.44. The van der Waals surface area contributed by atoms with Crippen molar-refractivity contribution >= 4 is 15.9 Å². The average molecular weight is 327 g/mol. The number of nitrogens with zero attached hydrogens (tertiary/aromatic N) is 1. The second-order valence-electron chi connectivity index (χ2n) is 5.02. The van der Waals surface area contributed by atoms with Crippen molar-refractivity contribution in [1.82, 2.24) is 4.90 Å². The summed E-state index contributed by atoms with van der Waals surface area (Å²) in [4.78, 5) is 2.47. The van der Waals surface area contributed by atoms with Crippen molar-refractivity contribution in [2.75, 3.05) is 26.2 Å². The number of nitrogens with two attached hydrogens (primary N) is 1. The van der Waals surface area contributed by atoms with E-state index in [1.165, 1.54) is 18.4 Å². The second-order valence-corrected chi connectivity index (χ2v) is 5.93. The van der Waals surface area contributed by atoms with Crippen molar-refractivity contribution in [3.05, 3.63) is 34.3 Å². The maximum atomic E-state index is 6.00. The Morgan fingerprint density at radius 3 is 2.79 bits per heavy atom. The fraction of sp³-hybridized carbons (Fsp3) is 0.600. The molecule has 0 amide bonds. The summed E-state index contributed by atoms with van der Waals surface area (Å²) in [5, 5.41) is 0. The number of ether oxygens (including phenoxy) is 1. The first-order valence-corrected chi connectivity index (χ1v) is 7.85. The molecule has 1 aliphatic rings. The summed E-state index contributed by atoms with van der Waals surface area (Å²) in [5.41, 5.74) is 7.29. The zero-order valence-corrected chi connectivity index (χ0v) is 13.1. The van der Waals surface area contributed by atoms with E-state index < -0.39 is 0 Å². The van der Waals surface area contributed by atoms with Gasteiger partial charge in [-0.1, -0.05) is 28.1 Å². The van der Waals surface area contributed by atoms with Crippen LogP contribution in [0.25, 0.3) is 0 Å². The first kappa shape index (κ1) is 15.0. The summed E-state index contributed by atoms with van der Waals surface area (Å²) in [7, 11) is 0. The van der Waals surface area contributed by atoms with Crippen LogP contribution in [-0.4, -0.2) is 37.2 Å². The van der Waals surface area contributed by atoms with Crippen LogP contribution in [0.15, 0.2) is 28.7 Å². The molecule has 0 bridgehead atoms. The van der Waals surface area contributed by atoms with Gasteiger partial charge in [0.1, 0.15) is 0 Å². The molecule has 4 heteroatoms. The number of hydrogen-bond donors (Lipinski definition) is 1. The predicted octanol–water partition coefficient (Wildman–Crippen LogP) is 2.95. The second kappa shape index (κ2) is 7.39. The topological polar surface area (TPSA) is 38.5 Å². The van der Waals surface area contributed by atoms with Gasteiger partial charge in [-0.05, 0) is 44.0 Å². The molecule has 2 N–H and O–H groups in total. The molecule has 3 nitrogen and oxygen atoms in total. The normalized spacial score (nSPS) is 22.4. The quantitative estimate of drug-likeness (QED) is 0.904. The van der Waals surface area contributed by atoms with Crippen molar-refractivity contribution in [2.24, 2.45) is 5.73 Å². The van der Waals surface area contributed by atoms with Crippen LogP contribution in [0.1, 0.15) is 31.4 Å². The molecule has 0 aromatic heterocycles. The number of rotatable bonds is 5. The van der Waals surface area contributed by atoms with Gasteiger partial charge >= 0.3 is 0 Å². The Bertz CT molecular complexity index is 380. The highest BCUT2D eigenvalue weighted by Gasteiger charge is 2.26. The van der Waals surface area contributed by atoms with E-state index in [1.807, 2.05) is 0 Å². The van der Waals surface area contributed by atoms with Crippen molar-refractivity contribution in [3.8, 4) is 0 Å². The molecule has 106 valence electrons. The minimum atomic E-state index is 0.302. The van der Waals surface area contributed by atoms with Crippen LogP contribution in [0.2, 0.25) is 0 Å². The van der Waals surface area contributed by atoms with Gasteiger partial charge in [0.2, 0.25) is 0 Å². The van der Waals surface area contributed by atoms with Gasteiger partial charge in [-0.3, -0.25) is 4.90 Å². The van der Waals surface area contributed by atoms with Gasteiger partial charge in [0.15, 0.2) is 0 Å². The van der Waals surface area contributed by atoms with Crippen molar-refractivity contribution < 1.29 is 4.74 Å². The molecule has 0 radical (unpaired) electrons. The highest BCUT2D eigenvalue weighted by atomic mass is 79.9. The molecule has 0 saturated carbocycles. The van der Waals surface area contributed by atoms with Crippen LogP contribution in [0.4, 0.5) is 0 Å². The lowest BCUT2D eigenvalue weighted by atomic mass is 10.0. The first-order valence-electron chi connectivity index (χ1n) is 7.05.